The van der Waals surface area contributed by atoms with Gasteiger partial charge in [-0.3, -0.25) is 4.79 Å². The van der Waals surface area contributed by atoms with Crippen LogP contribution in [0.25, 0.3) is 0 Å². The van der Waals surface area contributed by atoms with Gasteiger partial charge in [-0.1, -0.05) is 22.0 Å². The van der Waals surface area contributed by atoms with Crippen LogP contribution in [0.1, 0.15) is 21.5 Å². The van der Waals surface area contributed by atoms with Gasteiger partial charge in [0, 0.05) is 10.0 Å². The number of aldehydes is 1. The van der Waals surface area contributed by atoms with Crippen LogP contribution >= 0.6 is 15.9 Å². The maximum absolute atomic E-state index is 13.0. The Bertz CT molecular complexity index is 681. The molecule has 0 heterocycles. The third-order valence-corrected chi connectivity index (χ3v) is 3.31. The minimum absolute atomic E-state index is 0.0550. The average molecular weight is 359 g/mol. The van der Waals surface area contributed by atoms with E-state index in [0.29, 0.717) is 22.1 Å². The first-order chi connectivity index (χ1) is 9.81. The summed E-state index contributed by atoms with van der Waals surface area (Å²) in [7, 11) is 0. The lowest BCUT2D eigenvalue weighted by Gasteiger charge is -2.15. The fraction of sp³-hybridized carbons (Fsp3) is 0.133. The van der Waals surface area contributed by atoms with Crippen molar-refractivity contribution in [2.24, 2.45) is 0 Å². The highest BCUT2D eigenvalue weighted by Gasteiger charge is 2.35. The second kappa shape index (κ2) is 5.89. The molecule has 0 radical (unpaired) electrons. The van der Waals surface area contributed by atoms with Gasteiger partial charge in [0.05, 0.1) is 5.56 Å². The molecule has 0 aromatic heterocycles. The van der Waals surface area contributed by atoms with Crippen LogP contribution in [-0.4, -0.2) is 6.29 Å². The number of carbonyl (C=O) groups excluding carboxylic acids is 1. The first-order valence-electron chi connectivity index (χ1n) is 5.91. The van der Waals surface area contributed by atoms with Gasteiger partial charge in [-0.2, -0.15) is 13.2 Å². The zero-order valence-electron chi connectivity index (χ0n) is 10.9. The Labute approximate surface area is 127 Å². The van der Waals surface area contributed by atoms with E-state index in [1.165, 1.54) is 6.07 Å². The molecule has 0 spiro atoms. The minimum Gasteiger partial charge on any atom is -0.456 e. The lowest BCUT2D eigenvalue weighted by molar-refractivity contribution is -0.138. The highest BCUT2D eigenvalue weighted by Crippen LogP contribution is 2.39. The number of halogens is 4. The number of benzene rings is 2. The number of carbonyl (C=O) groups is 1. The SMILES string of the molecule is Cc1ccc(Br)cc1Oc1ccc(C=O)cc1C(F)(F)F. The van der Waals surface area contributed by atoms with Crippen molar-refractivity contribution in [2.75, 3.05) is 0 Å². The van der Waals surface area contributed by atoms with Crippen LogP contribution in [0.3, 0.4) is 0 Å². The highest BCUT2D eigenvalue weighted by molar-refractivity contribution is 9.10. The molecule has 2 nitrogen and oxygen atoms in total. The van der Waals surface area contributed by atoms with Gasteiger partial charge < -0.3 is 4.74 Å². The van der Waals surface area contributed by atoms with Gasteiger partial charge in [0.15, 0.2) is 0 Å². The zero-order valence-corrected chi connectivity index (χ0v) is 12.5. The van der Waals surface area contributed by atoms with Crippen molar-refractivity contribution in [1.82, 2.24) is 0 Å². The largest absolute Gasteiger partial charge is 0.456 e. The second-order valence-corrected chi connectivity index (χ2v) is 5.30. The average Bonchev–Trinajstić information content (AvgIpc) is 2.42. The molecule has 0 saturated heterocycles. The summed E-state index contributed by atoms with van der Waals surface area (Å²) in [6.45, 7) is 1.73. The lowest BCUT2D eigenvalue weighted by Crippen LogP contribution is -2.08. The predicted molar refractivity (Wildman–Crippen MR) is 75.8 cm³/mol. The number of alkyl halides is 3. The van der Waals surface area contributed by atoms with Crippen molar-refractivity contribution in [2.45, 2.75) is 13.1 Å². The Hall–Kier alpha value is -1.82. The van der Waals surface area contributed by atoms with Crippen LogP contribution in [0.4, 0.5) is 13.2 Å². The smallest absolute Gasteiger partial charge is 0.420 e. The standard InChI is InChI=1S/C15H10BrF3O2/c1-9-2-4-11(16)7-14(9)21-13-5-3-10(8-20)6-12(13)15(17,18)19/h2-8H,1H3. The lowest BCUT2D eigenvalue weighted by atomic mass is 10.1. The Morgan fingerprint density at radius 1 is 1.10 bits per heavy atom. The summed E-state index contributed by atoms with van der Waals surface area (Å²) < 4.78 is 45.2. The summed E-state index contributed by atoms with van der Waals surface area (Å²) in [5.74, 6) is -0.0250. The number of ether oxygens (including phenoxy) is 1. The number of aryl methyl sites for hydroxylation is 1. The van der Waals surface area contributed by atoms with E-state index in [0.717, 1.165) is 12.1 Å². The van der Waals surface area contributed by atoms with Crippen molar-refractivity contribution >= 4 is 22.2 Å². The van der Waals surface area contributed by atoms with E-state index in [4.69, 9.17) is 4.74 Å². The third-order valence-electron chi connectivity index (χ3n) is 2.82. The quantitative estimate of drug-likeness (QED) is 0.688. The van der Waals surface area contributed by atoms with Gasteiger partial charge in [-0.15, -0.1) is 0 Å². The highest BCUT2D eigenvalue weighted by atomic mass is 79.9. The summed E-state index contributed by atoms with van der Waals surface area (Å²) in [6, 6.07) is 8.28. The van der Waals surface area contributed by atoms with E-state index in [1.807, 2.05) is 0 Å². The Kier molecular flexibility index (Phi) is 4.37. The molecular weight excluding hydrogens is 349 g/mol. The molecule has 2 aromatic rings. The molecule has 0 atom stereocenters. The van der Waals surface area contributed by atoms with E-state index < -0.39 is 11.7 Å². The molecule has 0 aliphatic heterocycles. The molecule has 0 saturated carbocycles. The molecule has 110 valence electrons. The summed E-state index contributed by atoms with van der Waals surface area (Å²) in [5, 5.41) is 0. The van der Waals surface area contributed by atoms with Gasteiger partial charge in [0.2, 0.25) is 0 Å². The number of hydrogen-bond acceptors (Lipinski definition) is 2. The van der Waals surface area contributed by atoms with Crippen molar-refractivity contribution in [3.63, 3.8) is 0 Å². The minimum atomic E-state index is -4.60. The molecule has 0 aliphatic carbocycles. The van der Waals surface area contributed by atoms with Gasteiger partial charge >= 0.3 is 6.18 Å². The predicted octanol–water partition coefficient (Wildman–Crippen LogP) is 5.38. The molecule has 0 fully saturated rings. The second-order valence-electron chi connectivity index (χ2n) is 4.38. The molecular formula is C15H10BrF3O2. The van der Waals surface area contributed by atoms with Crippen molar-refractivity contribution < 1.29 is 22.7 Å². The maximum Gasteiger partial charge on any atom is 0.420 e. The first kappa shape index (κ1) is 15.6. The van der Waals surface area contributed by atoms with Crippen LogP contribution in [0, 0.1) is 6.92 Å². The van der Waals surface area contributed by atoms with Crippen LogP contribution in [0.5, 0.6) is 11.5 Å². The van der Waals surface area contributed by atoms with Crippen molar-refractivity contribution in [3.8, 4) is 11.5 Å². The zero-order chi connectivity index (χ0) is 15.6. The van der Waals surface area contributed by atoms with Gasteiger partial charge in [0.1, 0.15) is 17.8 Å². The fourth-order valence-corrected chi connectivity index (χ4v) is 2.07. The van der Waals surface area contributed by atoms with E-state index >= 15 is 0 Å². The third kappa shape index (κ3) is 3.64. The Morgan fingerprint density at radius 2 is 1.81 bits per heavy atom. The summed E-state index contributed by atoms with van der Waals surface area (Å²) in [6.07, 6.45) is -4.24. The maximum atomic E-state index is 13.0. The van der Waals surface area contributed by atoms with Crippen LogP contribution in [0.2, 0.25) is 0 Å². The summed E-state index contributed by atoms with van der Waals surface area (Å²) in [4.78, 5) is 10.6. The molecule has 21 heavy (non-hydrogen) atoms. The van der Waals surface area contributed by atoms with Crippen LogP contribution < -0.4 is 4.74 Å². The summed E-state index contributed by atoms with van der Waals surface area (Å²) in [5.41, 5.74) is -0.335. The number of hydrogen-bond donors (Lipinski definition) is 0. The first-order valence-corrected chi connectivity index (χ1v) is 6.71. The molecule has 0 unspecified atom stereocenters. The summed E-state index contributed by atoms with van der Waals surface area (Å²) >= 11 is 3.24. The van der Waals surface area contributed by atoms with Gasteiger partial charge in [-0.05, 0) is 42.8 Å². The molecule has 0 N–H and O–H groups in total. The molecule has 0 aliphatic rings. The van der Waals surface area contributed by atoms with E-state index in [1.54, 1.807) is 25.1 Å². The Balaban J connectivity index is 2.48. The topological polar surface area (TPSA) is 26.3 Å². The van der Waals surface area contributed by atoms with Crippen LogP contribution in [-0.2, 0) is 6.18 Å². The molecule has 2 aromatic carbocycles. The van der Waals surface area contributed by atoms with E-state index in [2.05, 4.69) is 15.9 Å². The van der Waals surface area contributed by atoms with Crippen LogP contribution in [0.15, 0.2) is 40.9 Å². The van der Waals surface area contributed by atoms with Gasteiger partial charge in [0.25, 0.3) is 0 Å². The van der Waals surface area contributed by atoms with Gasteiger partial charge in [-0.25, -0.2) is 0 Å². The monoisotopic (exact) mass is 358 g/mol. The van der Waals surface area contributed by atoms with Crippen molar-refractivity contribution in [3.05, 3.63) is 57.6 Å². The van der Waals surface area contributed by atoms with E-state index in [9.17, 15) is 18.0 Å². The van der Waals surface area contributed by atoms with E-state index in [-0.39, 0.29) is 11.3 Å². The molecule has 0 amide bonds. The normalized spacial score (nSPS) is 11.3. The fourth-order valence-electron chi connectivity index (χ4n) is 1.73. The molecule has 2 rings (SSSR count). The Morgan fingerprint density at radius 3 is 2.43 bits per heavy atom. The van der Waals surface area contributed by atoms with Crippen molar-refractivity contribution in [1.29, 1.82) is 0 Å². The molecule has 6 heteroatoms. The number of rotatable bonds is 3. The molecule has 0 bridgehead atoms.